The molecule has 1 aliphatic carbocycles. The molecule has 1 aliphatic heterocycles. The molecule has 9 nitrogen and oxygen atoms in total. The topological polar surface area (TPSA) is 130 Å². The zero-order chi connectivity index (χ0) is 24.5. The molecule has 0 radical (unpaired) electrons. The minimum absolute atomic E-state index is 0.0877. The van der Waals surface area contributed by atoms with Crippen LogP contribution in [0, 0.1) is 0 Å². The number of carbonyl (C=O) groups is 3. The normalized spacial score (nSPS) is 19.6. The average Bonchev–Trinajstić information content (AvgIpc) is 3.10. The Balaban J connectivity index is 1.39. The Morgan fingerprint density at radius 2 is 1.68 bits per heavy atom. The Morgan fingerprint density at radius 1 is 1.09 bits per heavy atom. The number of alkyl carbamates (subject to hydrolysis) is 1. The molecule has 2 amide bonds. The van der Waals surface area contributed by atoms with Crippen LogP contribution in [0.4, 0.5) is 4.79 Å². The predicted octanol–water partition coefficient (Wildman–Crippen LogP) is 2.01. The second kappa shape index (κ2) is 9.46. The van der Waals surface area contributed by atoms with Crippen molar-refractivity contribution in [1.29, 1.82) is 0 Å². The SMILES string of the molecule is CC(NC(=O)OCC1c2ccccc2-c2ccccc21)C(=O)N1CCS(=O)(=O)CC1CC(=O)O. The van der Waals surface area contributed by atoms with Gasteiger partial charge in [0.1, 0.15) is 12.6 Å². The lowest BCUT2D eigenvalue weighted by Crippen LogP contribution is -2.57. The third kappa shape index (κ3) is 4.91. The summed E-state index contributed by atoms with van der Waals surface area (Å²) in [5.74, 6) is -2.53. The summed E-state index contributed by atoms with van der Waals surface area (Å²) in [5.41, 5.74) is 4.32. The zero-order valence-electron chi connectivity index (χ0n) is 18.6. The molecule has 2 unspecified atom stereocenters. The van der Waals surface area contributed by atoms with Crippen LogP contribution in [0.2, 0.25) is 0 Å². The first-order valence-electron chi connectivity index (χ1n) is 11.0. The van der Waals surface area contributed by atoms with Gasteiger partial charge in [0.05, 0.1) is 24.0 Å². The third-order valence-electron chi connectivity index (χ3n) is 6.27. The van der Waals surface area contributed by atoms with Crippen molar-refractivity contribution in [2.75, 3.05) is 24.7 Å². The standard InChI is InChI=1S/C24H26N2O7S/c1-15(23(29)26-10-11-34(31,32)14-16(26)12-22(27)28)25-24(30)33-13-21-19-8-4-2-6-17(19)18-7-3-5-9-20(18)21/h2-9,15-16,21H,10-14H2,1H3,(H,25,30)(H,27,28). The molecule has 4 rings (SSSR count). The number of amides is 2. The molecule has 0 saturated carbocycles. The first-order chi connectivity index (χ1) is 16.2. The molecular formula is C24H26N2O7S. The largest absolute Gasteiger partial charge is 0.481 e. The third-order valence-corrected chi connectivity index (χ3v) is 7.97. The van der Waals surface area contributed by atoms with Crippen molar-refractivity contribution in [2.24, 2.45) is 0 Å². The highest BCUT2D eigenvalue weighted by molar-refractivity contribution is 7.91. The number of nitrogens with zero attached hydrogens (tertiary/aromatic N) is 1. The maximum absolute atomic E-state index is 12.9. The highest BCUT2D eigenvalue weighted by atomic mass is 32.2. The minimum atomic E-state index is -3.43. The van der Waals surface area contributed by atoms with Gasteiger partial charge in [-0.15, -0.1) is 0 Å². The first-order valence-corrected chi connectivity index (χ1v) is 12.8. The summed E-state index contributed by atoms with van der Waals surface area (Å²) in [6.45, 7) is 1.44. The van der Waals surface area contributed by atoms with Crippen LogP contribution in [0.1, 0.15) is 30.4 Å². The van der Waals surface area contributed by atoms with Crippen LogP contribution >= 0.6 is 0 Å². The molecule has 0 aromatic heterocycles. The quantitative estimate of drug-likeness (QED) is 0.639. The van der Waals surface area contributed by atoms with Crippen LogP contribution in [0.15, 0.2) is 48.5 Å². The number of carbonyl (C=O) groups excluding carboxylic acids is 2. The number of ether oxygens (including phenoxy) is 1. The second-order valence-electron chi connectivity index (χ2n) is 8.59. The molecule has 10 heteroatoms. The van der Waals surface area contributed by atoms with Crippen LogP contribution in [0.5, 0.6) is 0 Å². The van der Waals surface area contributed by atoms with E-state index in [9.17, 15) is 22.8 Å². The van der Waals surface area contributed by atoms with Crippen molar-refractivity contribution in [3.8, 4) is 11.1 Å². The van der Waals surface area contributed by atoms with Crippen molar-refractivity contribution in [3.63, 3.8) is 0 Å². The van der Waals surface area contributed by atoms with Gasteiger partial charge in [0.15, 0.2) is 9.84 Å². The Hall–Kier alpha value is -3.40. The molecule has 2 aromatic carbocycles. The molecule has 2 aliphatic rings. The summed E-state index contributed by atoms with van der Waals surface area (Å²) in [7, 11) is -3.43. The van der Waals surface area contributed by atoms with Gasteiger partial charge >= 0.3 is 12.1 Å². The van der Waals surface area contributed by atoms with E-state index in [0.717, 1.165) is 22.3 Å². The molecule has 1 fully saturated rings. The van der Waals surface area contributed by atoms with Gasteiger partial charge in [-0.2, -0.15) is 0 Å². The van der Waals surface area contributed by atoms with Crippen molar-refractivity contribution >= 4 is 27.8 Å². The van der Waals surface area contributed by atoms with Crippen molar-refractivity contribution in [3.05, 3.63) is 59.7 Å². The van der Waals surface area contributed by atoms with Crippen molar-refractivity contribution in [1.82, 2.24) is 10.2 Å². The first kappa shape index (κ1) is 23.7. The maximum Gasteiger partial charge on any atom is 0.407 e. The summed E-state index contributed by atoms with van der Waals surface area (Å²) in [6, 6.07) is 13.9. The zero-order valence-corrected chi connectivity index (χ0v) is 19.5. The molecular weight excluding hydrogens is 460 g/mol. The maximum atomic E-state index is 12.9. The highest BCUT2D eigenvalue weighted by Gasteiger charge is 2.37. The lowest BCUT2D eigenvalue weighted by molar-refractivity contribution is -0.141. The number of fused-ring (bicyclic) bond motifs is 3. The average molecular weight is 487 g/mol. The van der Waals surface area contributed by atoms with Gasteiger partial charge in [0, 0.05) is 12.5 Å². The lowest BCUT2D eigenvalue weighted by atomic mass is 9.98. The monoisotopic (exact) mass is 486 g/mol. The Morgan fingerprint density at radius 3 is 2.26 bits per heavy atom. The smallest absolute Gasteiger partial charge is 0.407 e. The number of carboxylic acid groups (broad SMARTS) is 1. The molecule has 2 aromatic rings. The Bertz CT molecular complexity index is 1180. The molecule has 34 heavy (non-hydrogen) atoms. The van der Waals surface area contributed by atoms with Gasteiger partial charge in [-0.1, -0.05) is 48.5 Å². The number of benzene rings is 2. The van der Waals surface area contributed by atoms with Crippen molar-refractivity contribution in [2.45, 2.75) is 31.3 Å². The van der Waals surface area contributed by atoms with Gasteiger partial charge in [-0.25, -0.2) is 13.2 Å². The molecule has 1 saturated heterocycles. The molecule has 180 valence electrons. The number of sulfone groups is 1. The number of aliphatic carboxylic acids is 1. The molecule has 0 bridgehead atoms. The van der Waals surface area contributed by atoms with E-state index in [2.05, 4.69) is 5.32 Å². The fourth-order valence-corrected chi connectivity index (χ4v) is 6.20. The van der Waals surface area contributed by atoms with Crippen LogP contribution in [0.25, 0.3) is 11.1 Å². The number of hydrogen-bond acceptors (Lipinski definition) is 6. The molecule has 2 N–H and O–H groups in total. The van der Waals surface area contributed by atoms with E-state index in [1.54, 1.807) is 0 Å². The van der Waals surface area contributed by atoms with E-state index in [1.165, 1.54) is 11.8 Å². The van der Waals surface area contributed by atoms with Crippen LogP contribution < -0.4 is 5.32 Å². The van der Waals surface area contributed by atoms with Crippen LogP contribution in [-0.4, -0.2) is 73.1 Å². The summed E-state index contributed by atoms with van der Waals surface area (Å²) < 4.78 is 29.3. The summed E-state index contributed by atoms with van der Waals surface area (Å²) in [5, 5.41) is 11.6. The lowest BCUT2D eigenvalue weighted by Gasteiger charge is -2.36. The van der Waals surface area contributed by atoms with Gasteiger partial charge in [0.25, 0.3) is 0 Å². The van der Waals surface area contributed by atoms with Gasteiger partial charge < -0.3 is 20.1 Å². The van der Waals surface area contributed by atoms with E-state index in [-0.39, 0.29) is 24.8 Å². The van der Waals surface area contributed by atoms with E-state index in [0.29, 0.717) is 0 Å². The van der Waals surface area contributed by atoms with Gasteiger partial charge in [-0.05, 0) is 29.2 Å². The Labute approximate surface area is 197 Å². The van der Waals surface area contributed by atoms with E-state index >= 15 is 0 Å². The van der Waals surface area contributed by atoms with Gasteiger partial charge in [-0.3, -0.25) is 9.59 Å². The van der Waals surface area contributed by atoms with Gasteiger partial charge in [0.2, 0.25) is 5.91 Å². The number of carboxylic acids is 1. The summed E-state index contributed by atoms with van der Waals surface area (Å²) in [6.07, 6.45) is -1.26. The van der Waals surface area contributed by atoms with Crippen LogP contribution in [-0.2, 0) is 24.2 Å². The highest BCUT2D eigenvalue weighted by Crippen LogP contribution is 2.44. The van der Waals surface area contributed by atoms with E-state index in [4.69, 9.17) is 9.84 Å². The second-order valence-corrected chi connectivity index (χ2v) is 10.8. The summed E-state index contributed by atoms with van der Waals surface area (Å²) in [4.78, 5) is 37.8. The minimum Gasteiger partial charge on any atom is -0.481 e. The number of hydrogen-bond donors (Lipinski definition) is 2. The van der Waals surface area contributed by atoms with E-state index < -0.39 is 52.1 Å². The fraction of sp³-hybridized carbons (Fsp3) is 0.375. The fourth-order valence-electron chi connectivity index (χ4n) is 4.67. The molecule has 1 heterocycles. The summed E-state index contributed by atoms with van der Waals surface area (Å²) >= 11 is 0. The predicted molar refractivity (Wildman–Crippen MR) is 124 cm³/mol. The number of rotatable bonds is 6. The van der Waals surface area contributed by atoms with Crippen LogP contribution in [0.3, 0.4) is 0 Å². The molecule has 0 spiro atoms. The number of nitrogens with one attached hydrogen (secondary N) is 1. The van der Waals surface area contributed by atoms with E-state index in [1.807, 2.05) is 48.5 Å². The van der Waals surface area contributed by atoms with Crippen molar-refractivity contribution < 1.29 is 32.6 Å². The Kier molecular flexibility index (Phi) is 6.60. The molecule has 2 atom stereocenters.